The van der Waals surface area contributed by atoms with Crippen LogP contribution >= 0.6 is 0 Å². The molecular weight excluding hydrogens is 192 g/mol. The van der Waals surface area contributed by atoms with E-state index in [1.165, 1.54) is 12.5 Å². The molecule has 0 saturated heterocycles. The lowest BCUT2D eigenvalue weighted by molar-refractivity contribution is 0.0586. The molecule has 2 rings (SSSR count). The highest BCUT2D eigenvalue weighted by Crippen LogP contribution is 2.39. The van der Waals surface area contributed by atoms with Gasteiger partial charge in [0.05, 0.1) is 11.8 Å². The summed E-state index contributed by atoms with van der Waals surface area (Å²) >= 11 is 0. The summed E-state index contributed by atoms with van der Waals surface area (Å²) in [7, 11) is 0. The van der Waals surface area contributed by atoms with Crippen LogP contribution in [0.2, 0.25) is 0 Å². The first-order chi connectivity index (χ1) is 7.01. The number of nitrogens with two attached hydrogens (primary N) is 1. The summed E-state index contributed by atoms with van der Waals surface area (Å²) in [5.74, 6) is -0.0891. The number of nitrogens with one attached hydrogen (secondary N) is 1. The fourth-order valence-corrected chi connectivity index (χ4v) is 1.84. The van der Waals surface area contributed by atoms with E-state index in [1.807, 2.05) is 0 Å². The molecule has 3 N–H and O–H groups in total. The molecule has 15 heavy (non-hydrogen) atoms. The lowest BCUT2D eigenvalue weighted by atomic mass is 9.63. The predicted molar refractivity (Wildman–Crippen MR) is 56.3 cm³/mol. The molecule has 0 aliphatic heterocycles. The summed E-state index contributed by atoms with van der Waals surface area (Å²) in [6, 6.07) is 1.99. The van der Waals surface area contributed by atoms with Gasteiger partial charge >= 0.3 is 0 Å². The molecule has 0 radical (unpaired) electrons. The second kappa shape index (κ2) is 3.38. The van der Waals surface area contributed by atoms with Crippen LogP contribution in [-0.2, 0) is 0 Å². The molecule has 1 fully saturated rings. The number of carbonyl (C=O) groups is 1. The van der Waals surface area contributed by atoms with Crippen LogP contribution in [0.1, 0.15) is 30.6 Å². The topological polar surface area (TPSA) is 68.3 Å². The van der Waals surface area contributed by atoms with Gasteiger partial charge in [0.2, 0.25) is 0 Å². The zero-order valence-electron chi connectivity index (χ0n) is 8.99. The molecule has 0 spiro atoms. The van der Waals surface area contributed by atoms with Gasteiger partial charge in [-0.3, -0.25) is 4.79 Å². The maximum Gasteiger partial charge on any atom is 0.254 e. The Kier molecular flexibility index (Phi) is 2.31. The molecule has 4 heteroatoms. The van der Waals surface area contributed by atoms with E-state index in [4.69, 9.17) is 10.2 Å². The summed E-state index contributed by atoms with van der Waals surface area (Å²) in [4.78, 5) is 11.7. The van der Waals surface area contributed by atoms with Gasteiger partial charge < -0.3 is 15.5 Å². The summed E-state index contributed by atoms with van der Waals surface area (Å²) < 4.78 is 4.86. The molecule has 1 aromatic rings. The number of rotatable bonds is 2. The van der Waals surface area contributed by atoms with Gasteiger partial charge in [-0.05, 0) is 12.5 Å². The third-order valence-corrected chi connectivity index (χ3v) is 3.43. The molecule has 2 unspecified atom stereocenters. The van der Waals surface area contributed by atoms with Crippen LogP contribution in [-0.4, -0.2) is 18.0 Å². The van der Waals surface area contributed by atoms with Crippen molar-refractivity contribution in [2.75, 3.05) is 0 Å². The van der Waals surface area contributed by atoms with Gasteiger partial charge in [-0.2, -0.15) is 0 Å². The zero-order chi connectivity index (χ0) is 11.1. The van der Waals surface area contributed by atoms with Crippen LogP contribution in [0, 0.1) is 5.41 Å². The van der Waals surface area contributed by atoms with E-state index in [0.29, 0.717) is 5.56 Å². The second-order valence-electron chi connectivity index (χ2n) is 4.70. The smallest absolute Gasteiger partial charge is 0.254 e. The Balaban J connectivity index is 1.97. The van der Waals surface area contributed by atoms with Crippen molar-refractivity contribution in [2.24, 2.45) is 11.1 Å². The van der Waals surface area contributed by atoms with Crippen LogP contribution in [0.25, 0.3) is 0 Å². The van der Waals surface area contributed by atoms with Crippen molar-refractivity contribution < 1.29 is 9.21 Å². The molecule has 0 aromatic carbocycles. The average Bonchev–Trinajstić information content (AvgIpc) is 2.70. The molecule has 1 saturated carbocycles. The molecule has 1 aliphatic rings. The summed E-state index contributed by atoms with van der Waals surface area (Å²) in [6.45, 7) is 4.14. The monoisotopic (exact) mass is 208 g/mol. The molecule has 1 aliphatic carbocycles. The first-order valence-electron chi connectivity index (χ1n) is 5.10. The van der Waals surface area contributed by atoms with Gasteiger partial charge in [-0.15, -0.1) is 0 Å². The largest absolute Gasteiger partial charge is 0.472 e. The third kappa shape index (κ3) is 1.65. The van der Waals surface area contributed by atoms with E-state index in [-0.39, 0.29) is 23.4 Å². The van der Waals surface area contributed by atoms with Gasteiger partial charge in [0, 0.05) is 17.5 Å². The van der Waals surface area contributed by atoms with Crippen LogP contribution in [0.3, 0.4) is 0 Å². The van der Waals surface area contributed by atoms with Crippen molar-refractivity contribution in [3.8, 4) is 0 Å². The Bertz CT molecular complexity index is 357. The lowest BCUT2D eigenvalue weighted by Gasteiger charge is -2.50. The molecule has 82 valence electrons. The van der Waals surface area contributed by atoms with Gasteiger partial charge in [-0.1, -0.05) is 13.8 Å². The fraction of sp³-hybridized carbons (Fsp3) is 0.545. The fourth-order valence-electron chi connectivity index (χ4n) is 1.84. The van der Waals surface area contributed by atoms with Crippen molar-refractivity contribution in [3.63, 3.8) is 0 Å². The quantitative estimate of drug-likeness (QED) is 0.765. The highest BCUT2D eigenvalue weighted by atomic mass is 16.3. The lowest BCUT2D eigenvalue weighted by Crippen LogP contribution is -2.64. The number of furan rings is 1. The molecular formula is C11H16N2O2. The van der Waals surface area contributed by atoms with E-state index >= 15 is 0 Å². The van der Waals surface area contributed by atoms with E-state index < -0.39 is 0 Å². The first-order valence-corrected chi connectivity index (χ1v) is 5.10. The average molecular weight is 208 g/mol. The van der Waals surface area contributed by atoms with Gasteiger partial charge in [0.25, 0.3) is 5.91 Å². The number of hydrogen-bond acceptors (Lipinski definition) is 3. The standard InChI is InChI=1S/C11H16N2O2/c1-11(2)8(12)5-9(11)13-10(14)7-3-4-15-6-7/h3-4,6,8-9H,5,12H2,1-2H3,(H,13,14). The maximum atomic E-state index is 11.7. The van der Waals surface area contributed by atoms with Crippen LogP contribution in [0.15, 0.2) is 23.0 Å². The van der Waals surface area contributed by atoms with E-state index in [9.17, 15) is 4.79 Å². The minimum Gasteiger partial charge on any atom is -0.472 e. The molecule has 2 atom stereocenters. The minimum atomic E-state index is -0.0891. The summed E-state index contributed by atoms with van der Waals surface area (Å²) in [5.41, 5.74) is 6.42. The summed E-state index contributed by atoms with van der Waals surface area (Å²) in [6.07, 6.45) is 3.78. The van der Waals surface area contributed by atoms with Crippen molar-refractivity contribution in [2.45, 2.75) is 32.4 Å². The SMILES string of the molecule is CC1(C)C(N)CC1NC(=O)c1ccoc1. The molecule has 1 aromatic heterocycles. The highest BCUT2D eigenvalue weighted by Gasteiger charge is 2.46. The van der Waals surface area contributed by atoms with Crippen molar-refractivity contribution in [1.29, 1.82) is 0 Å². The molecule has 4 nitrogen and oxygen atoms in total. The Hall–Kier alpha value is -1.29. The van der Waals surface area contributed by atoms with E-state index in [1.54, 1.807) is 6.07 Å². The van der Waals surface area contributed by atoms with Crippen molar-refractivity contribution >= 4 is 5.91 Å². The van der Waals surface area contributed by atoms with Crippen LogP contribution < -0.4 is 11.1 Å². The van der Waals surface area contributed by atoms with E-state index in [0.717, 1.165) is 6.42 Å². The maximum absolute atomic E-state index is 11.7. The van der Waals surface area contributed by atoms with Gasteiger partial charge in [-0.25, -0.2) is 0 Å². The van der Waals surface area contributed by atoms with E-state index in [2.05, 4.69) is 19.2 Å². The number of hydrogen-bond donors (Lipinski definition) is 2. The Morgan fingerprint density at radius 2 is 2.40 bits per heavy atom. The van der Waals surface area contributed by atoms with Crippen molar-refractivity contribution in [1.82, 2.24) is 5.32 Å². The van der Waals surface area contributed by atoms with Crippen molar-refractivity contribution in [3.05, 3.63) is 24.2 Å². The predicted octanol–water partition coefficient (Wildman–Crippen LogP) is 1.14. The number of carbonyl (C=O) groups excluding carboxylic acids is 1. The minimum absolute atomic E-state index is 0.0145. The zero-order valence-corrected chi connectivity index (χ0v) is 8.99. The Labute approximate surface area is 88.8 Å². The first kappa shape index (κ1) is 10.2. The molecule has 1 amide bonds. The normalized spacial score (nSPS) is 28.2. The summed E-state index contributed by atoms with van der Waals surface area (Å²) in [5, 5.41) is 2.96. The molecule has 0 bridgehead atoms. The number of amides is 1. The molecule has 1 heterocycles. The van der Waals surface area contributed by atoms with Gasteiger partial charge in [0.15, 0.2) is 0 Å². The second-order valence-corrected chi connectivity index (χ2v) is 4.70. The van der Waals surface area contributed by atoms with Gasteiger partial charge in [0.1, 0.15) is 6.26 Å². The highest BCUT2D eigenvalue weighted by molar-refractivity contribution is 5.94. The Morgan fingerprint density at radius 1 is 1.67 bits per heavy atom. The van der Waals surface area contributed by atoms with Crippen LogP contribution in [0.4, 0.5) is 0 Å². The third-order valence-electron chi connectivity index (χ3n) is 3.43. The Morgan fingerprint density at radius 3 is 2.87 bits per heavy atom. The van der Waals surface area contributed by atoms with Crippen LogP contribution in [0.5, 0.6) is 0 Å².